The number of rotatable bonds is 2. The molecule has 1 aliphatic heterocycles. The number of hydrogen-bond acceptors (Lipinski definition) is 2. The van der Waals surface area contributed by atoms with E-state index in [0.717, 1.165) is 6.07 Å². The Morgan fingerprint density at radius 3 is 2.44 bits per heavy atom. The molecule has 1 aliphatic rings. The van der Waals surface area contributed by atoms with Gasteiger partial charge in [-0.05, 0) is 18.2 Å². The molecular weight excluding hydrogens is 247 g/mol. The van der Waals surface area contributed by atoms with Crippen molar-refractivity contribution in [3.05, 3.63) is 29.6 Å². The SMILES string of the molecule is O=C(O)c1cc(N2CCC(F)(F)CC2)ccc1F. The summed E-state index contributed by atoms with van der Waals surface area (Å²) in [6.07, 6.45) is -0.542. The number of hydrogen-bond donors (Lipinski definition) is 1. The van der Waals surface area contributed by atoms with Gasteiger partial charge in [0, 0.05) is 31.6 Å². The molecule has 1 N–H and O–H groups in total. The van der Waals surface area contributed by atoms with Gasteiger partial charge in [-0.1, -0.05) is 0 Å². The van der Waals surface area contributed by atoms with E-state index in [0.29, 0.717) is 5.69 Å². The van der Waals surface area contributed by atoms with Crippen LogP contribution in [0, 0.1) is 5.82 Å². The molecule has 1 aromatic carbocycles. The summed E-state index contributed by atoms with van der Waals surface area (Å²) in [5.41, 5.74) is 0.0223. The molecule has 0 aliphatic carbocycles. The van der Waals surface area contributed by atoms with Crippen LogP contribution in [-0.4, -0.2) is 30.1 Å². The molecule has 1 heterocycles. The summed E-state index contributed by atoms with van der Waals surface area (Å²) in [4.78, 5) is 12.4. The van der Waals surface area contributed by atoms with Crippen LogP contribution in [0.3, 0.4) is 0 Å². The largest absolute Gasteiger partial charge is 0.478 e. The monoisotopic (exact) mass is 259 g/mol. The van der Waals surface area contributed by atoms with E-state index >= 15 is 0 Å². The summed E-state index contributed by atoms with van der Waals surface area (Å²) in [7, 11) is 0. The third-order valence-electron chi connectivity index (χ3n) is 3.04. The standard InChI is InChI=1S/C12H12F3NO2/c13-10-2-1-8(7-9(10)11(17)18)16-5-3-12(14,15)4-6-16/h1-2,7H,3-6H2,(H,17,18). The highest BCUT2D eigenvalue weighted by molar-refractivity contribution is 5.89. The van der Waals surface area contributed by atoms with Crippen molar-refractivity contribution in [2.45, 2.75) is 18.8 Å². The van der Waals surface area contributed by atoms with Gasteiger partial charge in [0.25, 0.3) is 5.92 Å². The molecule has 0 spiro atoms. The molecule has 3 nitrogen and oxygen atoms in total. The van der Waals surface area contributed by atoms with Gasteiger partial charge in [-0.3, -0.25) is 0 Å². The van der Waals surface area contributed by atoms with Crippen molar-refractivity contribution in [3.63, 3.8) is 0 Å². The Labute approximate surface area is 102 Å². The van der Waals surface area contributed by atoms with Gasteiger partial charge in [0.1, 0.15) is 5.82 Å². The lowest BCUT2D eigenvalue weighted by atomic mass is 10.1. The van der Waals surface area contributed by atoms with E-state index in [1.165, 1.54) is 12.1 Å². The van der Waals surface area contributed by atoms with E-state index in [1.807, 2.05) is 0 Å². The summed E-state index contributed by atoms with van der Waals surface area (Å²) in [6, 6.07) is 3.64. The Morgan fingerprint density at radius 2 is 1.89 bits per heavy atom. The maximum atomic E-state index is 13.2. The zero-order valence-electron chi connectivity index (χ0n) is 9.50. The summed E-state index contributed by atoms with van der Waals surface area (Å²) in [5, 5.41) is 8.79. The lowest BCUT2D eigenvalue weighted by Crippen LogP contribution is -2.39. The van der Waals surface area contributed by atoms with Gasteiger partial charge in [-0.25, -0.2) is 18.0 Å². The second kappa shape index (κ2) is 4.51. The number of benzene rings is 1. The second-order valence-electron chi connectivity index (χ2n) is 4.31. The molecule has 1 saturated heterocycles. The van der Waals surface area contributed by atoms with Crippen molar-refractivity contribution in [1.29, 1.82) is 0 Å². The third kappa shape index (κ3) is 2.57. The highest BCUT2D eigenvalue weighted by atomic mass is 19.3. The van der Waals surface area contributed by atoms with Crippen LogP contribution in [0.1, 0.15) is 23.2 Å². The van der Waals surface area contributed by atoms with Crippen molar-refractivity contribution in [3.8, 4) is 0 Å². The molecule has 1 fully saturated rings. The van der Waals surface area contributed by atoms with Crippen LogP contribution < -0.4 is 4.90 Å². The Balaban J connectivity index is 2.20. The zero-order valence-corrected chi connectivity index (χ0v) is 9.50. The summed E-state index contributed by atoms with van der Waals surface area (Å²) in [5.74, 6) is -4.85. The van der Waals surface area contributed by atoms with Crippen LogP contribution in [0.5, 0.6) is 0 Å². The maximum absolute atomic E-state index is 13.2. The second-order valence-corrected chi connectivity index (χ2v) is 4.31. The average Bonchev–Trinajstić information content (AvgIpc) is 2.30. The van der Waals surface area contributed by atoms with Crippen LogP contribution in [-0.2, 0) is 0 Å². The molecule has 18 heavy (non-hydrogen) atoms. The first kappa shape index (κ1) is 12.7. The summed E-state index contributed by atoms with van der Waals surface area (Å²) >= 11 is 0. The van der Waals surface area contributed by atoms with Crippen molar-refractivity contribution in [2.75, 3.05) is 18.0 Å². The summed E-state index contributed by atoms with van der Waals surface area (Å²) < 4.78 is 39.2. The van der Waals surface area contributed by atoms with Crippen LogP contribution >= 0.6 is 0 Å². The molecule has 0 amide bonds. The number of alkyl halides is 2. The van der Waals surface area contributed by atoms with Crippen LogP contribution in [0.4, 0.5) is 18.9 Å². The Kier molecular flexibility index (Phi) is 3.19. The first-order valence-electron chi connectivity index (χ1n) is 5.55. The average molecular weight is 259 g/mol. The lowest BCUT2D eigenvalue weighted by Gasteiger charge is -2.33. The van der Waals surface area contributed by atoms with Crippen LogP contribution in [0.15, 0.2) is 18.2 Å². The van der Waals surface area contributed by atoms with Gasteiger partial charge in [0.15, 0.2) is 0 Å². The van der Waals surface area contributed by atoms with Crippen molar-refractivity contribution in [1.82, 2.24) is 0 Å². The molecule has 0 atom stereocenters. The number of carboxylic acids is 1. The van der Waals surface area contributed by atoms with Crippen molar-refractivity contribution < 1.29 is 23.1 Å². The van der Waals surface area contributed by atoms with Gasteiger partial charge in [0.2, 0.25) is 0 Å². The highest BCUT2D eigenvalue weighted by Gasteiger charge is 2.34. The molecule has 0 aromatic heterocycles. The van der Waals surface area contributed by atoms with Gasteiger partial charge < -0.3 is 10.0 Å². The minimum atomic E-state index is -2.66. The minimum absolute atomic E-state index is 0.137. The number of piperidine rings is 1. The Morgan fingerprint density at radius 1 is 1.28 bits per heavy atom. The summed E-state index contributed by atoms with van der Waals surface area (Å²) in [6.45, 7) is 0.273. The Hall–Kier alpha value is -1.72. The molecule has 0 unspecified atom stereocenters. The fraction of sp³-hybridized carbons (Fsp3) is 0.417. The smallest absolute Gasteiger partial charge is 0.338 e. The van der Waals surface area contributed by atoms with Crippen LogP contribution in [0.25, 0.3) is 0 Å². The third-order valence-corrected chi connectivity index (χ3v) is 3.04. The number of nitrogens with zero attached hydrogens (tertiary/aromatic N) is 1. The van der Waals surface area contributed by atoms with E-state index in [1.54, 1.807) is 4.90 Å². The van der Waals surface area contributed by atoms with Crippen molar-refractivity contribution in [2.24, 2.45) is 0 Å². The maximum Gasteiger partial charge on any atom is 0.338 e. The normalized spacial score (nSPS) is 18.7. The van der Waals surface area contributed by atoms with E-state index in [4.69, 9.17) is 5.11 Å². The zero-order chi connectivity index (χ0) is 13.3. The lowest BCUT2D eigenvalue weighted by molar-refractivity contribution is -0.0220. The Bertz CT molecular complexity index is 466. The first-order chi connectivity index (χ1) is 8.39. The minimum Gasteiger partial charge on any atom is -0.478 e. The molecule has 1 aromatic rings. The van der Waals surface area contributed by atoms with Gasteiger partial charge in [-0.15, -0.1) is 0 Å². The highest BCUT2D eigenvalue weighted by Crippen LogP contribution is 2.31. The molecular formula is C12H12F3NO2. The fourth-order valence-corrected chi connectivity index (χ4v) is 1.97. The van der Waals surface area contributed by atoms with Gasteiger partial charge in [-0.2, -0.15) is 0 Å². The fourth-order valence-electron chi connectivity index (χ4n) is 1.97. The topological polar surface area (TPSA) is 40.5 Å². The first-order valence-corrected chi connectivity index (χ1v) is 5.55. The molecule has 2 rings (SSSR count). The molecule has 0 radical (unpaired) electrons. The molecule has 0 bridgehead atoms. The molecule has 0 saturated carbocycles. The number of carbonyl (C=O) groups is 1. The van der Waals surface area contributed by atoms with Gasteiger partial charge >= 0.3 is 5.97 Å². The number of carboxylic acid groups (broad SMARTS) is 1. The van der Waals surface area contributed by atoms with Gasteiger partial charge in [0.05, 0.1) is 5.56 Å². The van der Waals surface area contributed by atoms with E-state index in [-0.39, 0.29) is 25.9 Å². The van der Waals surface area contributed by atoms with Crippen molar-refractivity contribution >= 4 is 11.7 Å². The van der Waals surface area contributed by atoms with E-state index in [9.17, 15) is 18.0 Å². The number of anilines is 1. The predicted octanol–water partition coefficient (Wildman–Crippen LogP) is 2.76. The van der Waals surface area contributed by atoms with E-state index in [2.05, 4.69) is 0 Å². The number of aromatic carboxylic acids is 1. The predicted molar refractivity (Wildman–Crippen MR) is 59.8 cm³/mol. The van der Waals surface area contributed by atoms with E-state index < -0.39 is 23.3 Å². The quantitative estimate of drug-likeness (QED) is 0.887. The molecule has 98 valence electrons. The number of halogens is 3. The molecule has 6 heteroatoms. The van der Waals surface area contributed by atoms with Crippen LogP contribution in [0.2, 0.25) is 0 Å².